The van der Waals surface area contributed by atoms with Crippen molar-refractivity contribution in [1.29, 1.82) is 0 Å². The zero-order chi connectivity index (χ0) is 15.1. The molecule has 108 valence electrons. The molecule has 0 aromatic heterocycles. The Kier molecular flexibility index (Phi) is 5.27. The normalized spacial score (nSPS) is 11.2. The van der Waals surface area contributed by atoms with Gasteiger partial charge in [0.2, 0.25) is 0 Å². The first-order valence-corrected chi connectivity index (χ1v) is 7.11. The fourth-order valence-electron chi connectivity index (χ4n) is 1.93. The lowest BCUT2D eigenvalue weighted by Gasteiger charge is -2.07. The van der Waals surface area contributed by atoms with Crippen LogP contribution < -0.4 is 0 Å². The lowest BCUT2D eigenvalue weighted by Crippen LogP contribution is -2.07. The van der Waals surface area contributed by atoms with Crippen molar-refractivity contribution in [3.8, 4) is 0 Å². The first kappa shape index (κ1) is 15.0. The van der Waals surface area contributed by atoms with Gasteiger partial charge in [0.25, 0.3) is 0 Å². The molecule has 2 aromatic rings. The van der Waals surface area contributed by atoms with Crippen LogP contribution in [-0.2, 0) is 9.63 Å². The highest BCUT2D eigenvalue weighted by Gasteiger charge is 2.09. The van der Waals surface area contributed by atoms with Crippen molar-refractivity contribution < 1.29 is 9.63 Å². The maximum atomic E-state index is 11.5. The maximum Gasteiger partial charge on any atom is 0.335 e. The standard InChI is InChI=1S/C18H19NO2/c1-3-7-17(20)21-19-18(15-8-5-4-6-9-15)16-12-10-14(2)11-13-16/h4-6,8-13H,3,7H2,1-2H3/b19-18+. The Morgan fingerprint density at radius 3 is 2.24 bits per heavy atom. The summed E-state index contributed by atoms with van der Waals surface area (Å²) < 4.78 is 0. The van der Waals surface area contributed by atoms with Gasteiger partial charge >= 0.3 is 5.97 Å². The van der Waals surface area contributed by atoms with Gasteiger partial charge in [0.1, 0.15) is 5.71 Å². The number of benzene rings is 2. The molecule has 2 rings (SSSR count). The lowest BCUT2D eigenvalue weighted by atomic mass is 10.0. The third-order valence-corrected chi connectivity index (χ3v) is 3.07. The van der Waals surface area contributed by atoms with Gasteiger partial charge in [0, 0.05) is 17.5 Å². The van der Waals surface area contributed by atoms with Crippen LogP contribution in [0.15, 0.2) is 59.8 Å². The highest BCUT2D eigenvalue weighted by molar-refractivity contribution is 6.12. The third kappa shape index (κ3) is 4.28. The molecule has 2 aromatic carbocycles. The molecule has 0 N–H and O–H groups in total. The van der Waals surface area contributed by atoms with E-state index in [9.17, 15) is 4.79 Å². The summed E-state index contributed by atoms with van der Waals surface area (Å²) in [6, 6.07) is 17.7. The molecule has 0 spiro atoms. The Bertz CT molecular complexity index is 615. The van der Waals surface area contributed by atoms with E-state index in [1.165, 1.54) is 5.56 Å². The fourth-order valence-corrected chi connectivity index (χ4v) is 1.93. The van der Waals surface area contributed by atoms with Gasteiger partial charge in [0.15, 0.2) is 0 Å². The smallest absolute Gasteiger partial charge is 0.318 e. The molecule has 21 heavy (non-hydrogen) atoms. The summed E-state index contributed by atoms with van der Waals surface area (Å²) in [5, 5.41) is 4.08. The number of aryl methyl sites for hydroxylation is 1. The molecule has 0 aliphatic heterocycles. The molecule has 3 nitrogen and oxygen atoms in total. The van der Waals surface area contributed by atoms with Crippen LogP contribution in [0, 0.1) is 6.92 Å². The molecule has 0 unspecified atom stereocenters. The molecular weight excluding hydrogens is 262 g/mol. The summed E-state index contributed by atoms with van der Waals surface area (Å²) >= 11 is 0. The van der Waals surface area contributed by atoms with E-state index in [1.807, 2.05) is 68.4 Å². The average Bonchev–Trinajstić information content (AvgIpc) is 2.50. The number of oxime groups is 1. The molecule has 0 saturated heterocycles. The summed E-state index contributed by atoms with van der Waals surface area (Å²) in [7, 11) is 0. The van der Waals surface area contributed by atoms with Crippen molar-refractivity contribution in [3.63, 3.8) is 0 Å². The Balaban J connectivity index is 2.33. The molecule has 0 saturated carbocycles. The monoisotopic (exact) mass is 281 g/mol. The van der Waals surface area contributed by atoms with Crippen molar-refractivity contribution in [2.75, 3.05) is 0 Å². The van der Waals surface area contributed by atoms with Crippen molar-refractivity contribution in [2.24, 2.45) is 5.16 Å². The van der Waals surface area contributed by atoms with Crippen LogP contribution >= 0.6 is 0 Å². The van der Waals surface area contributed by atoms with Crippen LogP contribution in [0.3, 0.4) is 0 Å². The van der Waals surface area contributed by atoms with Gasteiger partial charge in [-0.2, -0.15) is 0 Å². The SMILES string of the molecule is CCCC(=O)O/N=C(\c1ccccc1)c1ccc(C)cc1. The summed E-state index contributed by atoms with van der Waals surface area (Å²) in [6.07, 6.45) is 1.12. The molecule has 0 aliphatic rings. The van der Waals surface area contributed by atoms with Gasteiger partial charge in [-0.3, -0.25) is 0 Å². The molecular formula is C18H19NO2. The van der Waals surface area contributed by atoms with Crippen molar-refractivity contribution in [1.82, 2.24) is 0 Å². The van der Waals surface area contributed by atoms with E-state index in [2.05, 4.69) is 5.16 Å². The number of rotatable bonds is 5. The average molecular weight is 281 g/mol. The van der Waals surface area contributed by atoms with Crippen LogP contribution in [-0.4, -0.2) is 11.7 Å². The topological polar surface area (TPSA) is 38.7 Å². The zero-order valence-electron chi connectivity index (χ0n) is 12.4. The molecule has 0 atom stereocenters. The zero-order valence-corrected chi connectivity index (χ0v) is 12.4. The Labute approximate surface area is 125 Å². The maximum absolute atomic E-state index is 11.5. The number of hydrogen-bond donors (Lipinski definition) is 0. The second-order valence-electron chi connectivity index (χ2n) is 4.89. The summed E-state index contributed by atoms with van der Waals surface area (Å²) in [6.45, 7) is 3.97. The second kappa shape index (κ2) is 7.39. The van der Waals surface area contributed by atoms with Crippen LogP contribution in [0.5, 0.6) is 0 Å². The molecule has 0 heterocycles. The van der Waals surface area contributed by atoms with Crippen molar-refractivity contribution >= 4 is 11.7 Å². The predicted octanol–water partition coefficient (Wildman–Crippen LogP) is 4.09. The predicted molar refractivity (Wildman–Crippen MR) is 84.3 cm³/mol. The minimum atomic E-state index is -0.307. The van der Waals surface area contributed by atoms with Gasteiger partial charge in [-0.1, -0.05) is 72.2 Å². The van der Waals surface area contributed by atoms with E-state index in [-0.39, 0.29) is 5.97 Å². The minimum absolute atomic E-state index is 0.307. The Hall–Kier alpha value is -2.42. The molecule has 0 amide bonds. The van der Waals surface area contributed by atoms with Crippen LogP contribution in [0.25, 0.3) is 0 Å². The molecule has 0 fully saturated rings. The quantitative estimate of drug-likeness (QED) is 0.470. The van der Waals surface area contributed by atoms with E-state index < -0.39 is 0 Å². The van der Waals surface area contributed by atoms with E-state index >= 15 is 0 Å². The van der Waals surface area contributed by atoms with Gasteiger partial charge < -0.3 is 4.84 Å². The molecule has 3 heteroatoms. The third-order valence-electron chi connectivity index (χ3n) is 3.07. The summed E-state index contributed by atoms with van der Waals surface area (Å²) in [4.78, 5) is 16.6. The Morgan fingerprint density at radius 2 is 1.62 bits per heavy atom. The van der Waals surface area contributed by atoms with E-state index in [0.29, 0.717) is 12.1 Å². The van der Waals surface area contributed by atoms with E-state index in [4.69, 9.17) is 4.84 Å². The minimum Gasteiger partial charge on any atom is -0.318 e. The van der Waals surface area contributed by atoms with Gasteiger partial charge in [0.05, 0.1) is 0 Å². The fraction of sp³-hybridized carbons (Fsp3) is 0.222. The van der Waals surface area contributed by atoms with Crippen molar-refractivity contribution in [3.05, 3.63) is 71.3 Å². The van der Waals surface area contributed by atoms with E-state index in [1.54, 1.807) is 0 Å². The highest BCUT2D eigenvalue weighted by atomic mass is 16.7. The van der Waals surface area contributed by atoms with E-state index in [0.717, 1.165) is 17.5 Å². The van der Waals surface area contributed by atoms with Crippen LogP contribution in [0.1, 0.15) is 36.5 Å². The molecule has 0 radical (unpaired) electrons. The molecule has 0 aliphatic carbocycles. The Morgan fingerprint density at radius 1 is 1.00 bits per heavy atom. The number of carbonyl (C=O) groups excluding carboxylic acids is 1. The molecule has 0 bridgehead atoms. The first-order chi connectivity index (χ1) is 10.2. The summed E-state index contributed by atoms with van der Waals surface area (Å²) in [5.74, 6) is -0.307. The van der Waals surface area contributed by atoms with Gasteiger partial charge in [-0.15, -0.1) is 0 Å². The number of nitrogens with zero attached hydrogens (tertiary/aromatic N) is 1. The van der Waals surface area contributed by atoms with Gasteiger partial charge in [-0.25, -0.2) is 4.79 Å². The highest BCUT2D eigenvalue weighted by Crippen LogP contribution is 2.13. The van der Waals surface area contributed by atoms with Crippen LogP contribution in [0.2, 0.25) is 0 Å². The lowest BCUT2D eigenvalue weighted by molar-refractivity contribution is -0.143. The first-order valence-electron chi connectivity index (χ1n) is 7.11. The largest absolute Gasteiger partial charge is 0.335 e. The number of hydrogen-bond acceptors (Lipinski definition) is 3. The second-order valence-corrected chi connectivity index (χ2v) is 4.89. The van der Waals surface area contributed by atoms with Crippen LogP contribution in [0.4, 0.5) is 0 Å². The van der Waals surface area contributed by atoms with Crippen molar-refractivity contribution in [2.45, 2.75) is 26.7 Å². The number of carbonyl (C=O) groups is 1. The van der Waals surface area contributed by atoms with Gasteiger partial charge in [-0.05, 0) is 13.3 Å². The summed E-state index contributed by atoms with van der Waals surface area (Å²) in [5.41, 5.74) is 3.69.